The molecule has 0 saturated carbocycles. The van der Waals surface area contributed by atoms with Gasteiger partial charge >= 0.3 is 0 Å². The third kappa shape index (κ3) is 6.52. The zero-order valence-corrected chi connectivity index (χ0v) is 25.9. The number of phenolic OH excluding ortho intramolecular Hbond substituents is 1. The number of hydrogen-bond donors (Lipinski definition) is 3. The fourth-order valence-corrected chi connectivity index (χ4v) is 6.57. The fourth-order valence-electron chi connectivity index (χ4n) is 6.57. The van der Waals surface area contributed by atoms with Crippen molar-refractivity contribution in [1.82, 2.24) is 30.1 Å². The molecule has 2 saturated heterocycles. The van der Waals surface area contributed by atoms with E-state index in [-0.39, 0.29) is 23.5 Å². The van der Waals surface area contributed by atoms with E-state index in [0.717, 1.165) is 69.4 Å². The van der Waals surface area contributed by atoms with Gasteiger partial charge in [-0.05, 0) is 37.6 Å². The van der Waals surface area contributed by atoms with Gasteiger partial charge in [0, 0.05) is 77.0 Å². The molecule has 1 unspecified atom stereocenters. The number of hydrogen-bond acceptors (Lipinski definition) is 11. The molecule has 1 aromatic carbocycles. The maximum Gasteiger partial charge on any atom is 0.233 e. The van der Waals surface area contributed by atoms with Gasteiger partial charge in [0.05, 0.1) is 29.2 Å². The van der Waals surface area contributed by atoms with E-state index in [1.165, 1.54) is 0 Å². The molecule has 2 fully saturated rings. The Labute approximate surface area is 258 Å². The zero-order valence-electron chi connectivity index (χ0n) is 25.9. The Morgan fingerprint density at radius 3 is 2.75 bits per heavy atom. The number of β-amino-alcohol motifs (C(OH)–C–C–N with tert-alkyl or cyclic N) is 1. The molecular weight excluding hydrogens is 560 g/mol. The summed E-state index contributed by atoms with van der Waals surface area (Å²) in [6.07, 6.45) is 0.938. The summed E-state index contributed by atoms with van der Waals surface area (Å²) in [6, 6.07) is 11.5. The Morgan fingerprint density at radius 2 is 1.98 bits per heavy atom. The van der Waals surface area contributed by atoms with Crippen molar-refractivity contribution in [2.75, 3.05) is 76.2 Å². The summed E-state index contributed by atoms with van der Waals surface area (Å²) in [4.78, 5) is 22.2. The number of amides is 1. The van der Waals surface area contributed by atoms with Crippen LogP contribution in [0.3, 0.4) is 0 Å². The molecule has 3 aromatic rings. The van der Waals surface area contributed by atoms with Crippen LogP contribution in [0.2, 0.25) is 0 Å². The number of aliphatic hydroxyl groups is 1. The summed E-state index contributed by atoms with van der Waals surface area (Å²) in [7, 11) is 2.13. The first kappa shape index (κ1) is 30.3. The van der Waals surface area contributed by atoms with Crippen LogP contribution in [-0.4, -0.2) is 124 Å². The third-order valence-electron chi connectivity index (χ3n) is 9.17. The lowest BCUT2D eigenvalue weighted by atomic mass is 9.91. The lowest BCUT2D eigenvalue weighted by Crippen LogP contribution is -2.58. The summed E-state index contributed by atoms with van der Waals surface area (Å²) in [6.45, 7) is 11.4. The minimum atomic E-state index is -0.438. The first-order valence-electron chi connectivity index (χ1n) is 15.8. The second kappa shape index (κ2) is 13.1. The highest BCUT2D eigenvalue weighted by atomic mass is 16.5. The van der Waals surface area contributed by atoms with Gasteiger partial charge in [0.15, 0.2) is 5.82 Å². The van der Waals surface area contributed by atoms with Crippen molar-refractivity contribution in [2.45, 2.75) is 44.8 Å². The van der Waals surface area contributed by atoms with Crippen molar-refractivity contribution in [2.24, 2.45) is 5.92 Å². The normalized spacial score (nSPS) is 21.0. The molecule has 3 atom stereocenters. The minimum absolute atomic E-state index is 0.0111. The summed E-state index contributed by atoms with van der Waals surface area (Å²) in [5.74, 6) is 1.31. The highest BCUT2D eigenvalue weighted by Gasteiger charge is 2.36. The van der Waals surface area contributed by atoms with E-state index in [4.69, 9.17) is 4.52 Å². The first-order chi connectivity index (χ1) is 21.3. The average molecular weight is 605 g/mol. The molecule has 12 nitrogen and oxygen atoms in total. The van der Waals surface area contributed by atoms with E-state index in [9.17, 15) is 15.0 Å². The molecule has 3 N–H and O–H groups in total. The number of rotatable bonds is 10. The third-order valence-corrected chi connectivity index (χ3v) is 9.17. The van der Waals surface area contributed by atoms with Crippen molar-refractivity contribution >= 4 is 17.4 Å². The number of aromatic hydroxyl groups is 1. The smallest absolute Gasteiger partial charge is 0.233 e. The van der Waals surface area contributed by atoms with Gasteiger partial charge in [-0.25, -0.2) is 0 Å². The van der Waals surface area contributed by atoms with E-state index in [1.807, 2.05) is 38.1 Å². The molecule has 3 aliphatic heterocycles. The lowest BCUT2D eigenvalue weighted by molar-refractivity contribution is -0.133. The molecule has 236 valence electrons. The van der Waals surface area contributed by atoms with Crippen LogP contribution in [0.5, 0.6) is 5.75 Å². The van der Waals surface area contributed by atoms with Gasteiger partial charge < -0.3 is 34.8 Å². The number of aliphatic hydroxyl groups excluding tert-OH is 1. The SMILES string of the molecule is CC(C)C(C(=O)N1CC[C@@H](O)C1)c1cc(CCN(C)CCN2CCN3c4cc(-c5ccccc5O)nnc4NC[C@H]3C2)no1. The van der Waals surface area contributed by atoms with Crippen molar-refractivity contribution < 1.29 is 19.5 Å². The van der Waals surface area contributed by atoms with Gasteiger partial charge in [-0.1, -0.05) is 31.1 Å². The number of carbonyl (C=O) groups excluding carboxylic acids is 1. The number of nitrogens with zero attached hydrogens (tertiary/aromatic N) is 7. The molecule has 44 heavy (non-hydrogen) atoms. The quantitative estimate of drug-likeness (QED) is 0.315. The molecular formula is C32H44N8O4. The predicted octanol–water partition coefficient (Wildman–Crippen LogP) is 2.26. The van der Waals surface area contributed by atoms with Crippen molar-refractivity contribution in [3.8, 4) is 17.0 Å². The minimum Gasteiger partial charge on any atom is -0.507 e. The highest BCUT2D eigenvalue weighted by Crippen LogP contribution is 2.36. The van der Waals surface area contributed by atoms with Gasteiger partial charge in [-0.15, -0.1) is 10.2 Å². The van der Waals surface area contributed by atoms with E-state index in [2.05, 4.69) is 42.4 Å². The number of benzene rings is 1. The van der Waals surface area contributed by atoms with Crippen LogP contribution in [-0.2, 0) is 11.2 Å². The van der Waals surface area contributed by atoms with Crippen LogP contribution in [0.25, 0.3) is 11.3 Å². The fraction of sp³-hybridized carbons (Fsp3) is 0.562. The summed E-state index contributed by atoms with van der Waals surface area (Å²) in [5, 5.41) is 36.7. The van der Waals surface area contributed by atoms with Crippen LogP contribution >= 0.6 is 0 Å². The first-order valence-corrected chi connectivity index (χ1v) is 15.8. The van der Waals surface area contributed by atoms with Crippen LogP contribution in [0.4, 0.5) is 11.5 Å². The number of likely N-dealkylation sites (N-methyl/N-ethyl adjacent to an activating group) is 1. The van der Waals surface area contributed by atoms with Gasteiger partial charge in [-0.3, -0.25) is 9.69 Å². The lowest BCUT2D eigenvalue weighted by Gasteiger charge is -2.46. The van der Waals surface area contributed by atoms with Crippen LogP contribution in [0, 0.1) is 5.92 Å². The molecule has 5 heterocycles. The van der Waals surface area contributed by atoms with E-state index in [1.54, 1.807) is 17.0 Å². The maximum atomic E-state index is 13.2. The molecule has 1 amide bonds. The molecule has 3 aliphatic rings. The van der Waals surface area contributed by atoms with Crippen LogP contribution < -0.4 is 10.2 Å². The average Bonchev–Trinajstić information content (AvgIpc) is 3.67. The Kier molecular flexibility index (Phi) is 9.01. The van der Waals surface area contributed by atoms with Gasteiger partial charge in [-0.2, -0.15) is 0 Å². The Morgan fingerprint density at radius 1 is 1.14 bits per heavy atom. The van der Waals surface area contributed by atoms with Crippen molar-refractivity contribution in [1.29, 1.82) is 0 Å². The number of nitrogens with one attached hydrogen (secondary N) is 1. The van der Waals surface area contributed by atoms with Gasteiger partial charge in [0.2, 0.25) is 5.91 Å². The number of phenols is 1. The number of fused-ring (bicyclic) bond motifs is 3. The number of piperazine rings is 1. The second-order valence-electron chi connectivity index (χ2n) is 12.7. The van der Waals surface area contributed by atoms with Crippen molar-refractivity contribution in [3.63, 3.8) is 0 Å². The molecule has 0 bridgehead atoms. The molecule has 2 aromatic heterocycles. The molecule has 12 heteroatoms. The molecule has 6 rings (SSSR count). The van der Waals surface area contributed by atoms with Crippen LogP contribution in [0.15, 0.2) is 40.9 Å². The number of carbonyl (C=O) groups is 1. The number of para-hydroxylation sites is 1. The molecule has 0 aliphatic carbocycles. The van der Waals surface area contributed by atoms with Gasteiger partial charge in [0.25, 0.3) is 0 Å². The molecule has 0 spiro atoms. The maximum absolute atomic E-state index is 13.2. The number of aromatic nitrogens is 3. The van der Waals surface area contributed by atoms with E-state index < -0.39 is 6.10 Å². The predicted molar refractivity (Wildman–Crippen MR) is 168 cm³/mol. The Bertz CT molecular complexity index is 1450. The number of likely N-dealkylation sites (tertiary alicyclic amines) is 1. The van der Waals surface area contributed by atoms with Crippen molar-refractivity contribution in [3.05, 3.63) is 47.9 Å². The monoisotopic (exact) mass is 604 g/mol. The summed E-state index contributed by atoms with van der Waals surface area (Å²) < 4.78 is 5.68. The summed E-state index contributed by atoms with van der Waals surface area (Å²) in [5.41, 5.74) is 3.26. The Balaban J connectivity index is 0.989. The topological polar surface area (TPSA) is 134 Å². The highest BCUT2D eigenvalue weighted by molar-refractivity contribution is 5.83. The standard InChI is InChI=1S/C32H44N8O4/c1-21(2)30(32(43)39-11-9-24(41)20-39)29-16-22(36-44-29)8-10-37(3)12-13-38-14-15-40-23(19-38)18-33-31-27(40)17-26(34-35-31)25-6-4-5-7-28(25)42/h4-7,16-17,21,23-24,30,41-42H,8-15,18-20H2,1-3H3,(H,33,35)/t23-,24+,30?/m0/s1. The Hall–Kier alpha value is -3.74. The number of anilines is 2. The molecule has 0 radical (unpaired) electrons. The van der Waals surface area contributed by atoms with Crippen LogP contribution in [0.1, 0.15) is 37.6 Å². The van der Waals surface area contributed by atoms with E-state index >= 15 is 0 Å². The van der Waals surface area contributed by atoms with Gasteiger partial charge in [0.1, 0.15) is 17.4 Å². The summed E-state index contributed by atoms with van der Waals surface area (Å²) >= 11 is 0. The second-order valence-corrected chi connectivity index (χ2v) is 12.7. The largest absolute Gasteiger partial charge is 0.507 e. The van der Waals surface area contributed by atoms with E-state index in [0.29, 0.717) is 42.6 Å². The zero-order chi connectivity index (χ0) is 30.8.